The SMILES string of the molecule is O=C(N/N=C/c1cccc(OC(=O)c2cccc(F)c2)c1)c1ccncc1. The highest BCUT2D eigenvalue weighted by Gasteiger charge is 2.09. The van der Waals surface area contributed by atoms with E-state index < -0.39 is 11.8 Å². The fourth-order valence-electron chi connectivity index (χ4n) is 2.17. The fraction of sp³-hybridized carbons (Fsp3) is 0. The maximum absolute atomic E-state index is 13.2. The van der Waals surface area contributed by atoms with Crippen molar-refractivity contribution in [2.24, 2.45) is 5.10 Å². The Kier molecular flexibility index (Phi) is 5.64. The van der Waals surface area contributed by atoms with Crippen LogP contribution in [-0.2, 0) is 0 Å². The van der Waals surface area contributed by atoms with E-state index >= 15 is 0 Å². The first-order valence-corrected chi connectivity index (χ1v) is 7.93. The molecule has 0 spiro atoms. The predicted molar refractivity (Wildman–Crippen MR) is 97.1 cm³/mol. The number of nitrogens with zero attached hydrogens (tertiary/aromatic N) is 2. The lowest BCUT2D eigenvalue weighted by atomic mass is 10.2. The minimum absolute atomic E-state index is 0.110. The van der Waals surface area contributed by atoms with Crippen molar-refractivity contribution in [2.45, 2.75) is 0 Å². The number of amides is 1. The molecule has 0 saturated heterocycles. The van der Waals surface area contributed by atoms with Gasteiger partial charge in [-0.2, -0.15) is 5.10 Å². The molecule has 0 aliphatic heterocycles. The monoisotopic (exact) mass is 363 g/mol. The molecule has 3 rings (SSSR count). The molecule has 6 nitrogen and oxygen atoms in total. The van der Waals surface area contributed by atoms with Crippen LogP contribution in [0.5, 0.6) is 5.75 Å². The standard InChI is InChI=1S/C20H14FN3O3/c21-17-5-2-4-16(12-17)20(26)27-18-6-1-3-14(11-18)13-23-24-19(25)15-7-9-22-10-8-15/h1-13H,(H,24,25)/b23-13+. The zero-order chi connectivity index (χ0) is 19.1. The Morgan fingerprint density at radius 1 is 1.00 bits per heavy atom. The molecule has 0 atom stereocenters. The second-order valence-electron chi connectivity index (χ2n) is 5.41. The lowest BCUT2D eigenvalue weighted by Gasteiger charge is -2.05. The van der Waals surface area contributed by atoms with Crippen molar-refractivity contribution in [3.05, 3.63) is 95.6 Å². The molecule has 1 N–H and O–H groups in total. The number of carbonyl (C=O) groups excluding carboxylic acids is 2. The number of hydrazone groups is 1. The minimum atomic E-state index is -0.672. The van der Waals surface area contributed by atoms with Crippen LogP contribution in [0.2, 0.25) is 0 Å². The van der Waals surface area contributed by atoms with Crippen molar-refractivity contribution in [1.29, 1.82) is 0 Å². The first kappa shape index (κ1) is 17.9. The van der Waals surface area contributed by atoms with Gasteiger partial charge in [-0.05, 0) is 48.0 Å². The summed E-state index contributed by atoms with van der Waals surface area (Å²) in [5, 5.41) is 3.87. The Morgan fingerprint density at radius 2 is 1.78 bits per heavy atom. The first-order valence-electron chi connectivity index (χ1n) is 7.93. The molecule has 0 fully saturated rings. The van der Waals surface area contributed by atoms with Crippen LogP contribution in [0, 0.1) is 5.82 Å². The minimum Gasteiger partial charge on any atom is -0.423 e. The molecule has 0 saturated carbocycles. The smallest absolute Gasteiger partial charge is 0.343 e. The van der Waals surface area contributed by atoms with E-state index in [1.807, 2.05) is 0 Å². The lowest BCUT2D eigenvalue weighted by molar-refractivity contribution is 0.0734. The van der Waals surface area contributed by atoms with Crippen LogP contribution in [0.1, 0.15) is 26.3 Å². The Hall–Kier alpha value is -3.87. The summed E-state index contributed by atoms with van der Waals surface area (Å²) < 4.78 is 18.4. The Balaban J connectivity index is 1.63. The molecule has 1 amide bonds. The van der Waals surface area contributed by atoms with Gasteiger partial charge in [-0.1, -0.05) is 18.2 Å². The third kappa shape index (κ3) is 5.05. The number of halogens is 1. The molecule has 7 heteroatoms. The van der Waals surface area contributed by atoms with Crippen LogP contribution < -0.4 is 10.2 Å². The summed E-state index contributed by atoms with van der Waals surface area (Å²) in [5.41, 5.74) is 3.54. The number of pyridine rings is 1. The van der Waals surface area contributed by atoms with Crippen molar-refractivity contribution in [3.63, 3.8) is 0 Å². The van der Waals surface area contributed by atoms with Crippen molar-refractivity contribution in [1.82, 2.24) is 10.4 Å². The van der Waals surface area contributed by atoms with Gasteiger partial charge in [0.25, 0.3) is 5.91 Å². The van der Waals surface area contributed by atoms with Gasteiger partial charge in [-0.3, -0.25) is 9.78 Å². The van der Waals surface area contributed by atoms with E-state index in [4.69, 9.17) is 4.74 Å². The second kappa shape index (κ2) is 8.48. The van der Waals surface area contributed by atoms with Crippen LogP contribution in [-0.4, -0.2) is 23.1 Å². The van der Waals surface area contributed by atoms with Crippen LogP contribution in [0.25, 0.3) is 0 Å². The third-order valence-corrected chi connectivity index (χ3v) is 3.45. The molecule has 0 radical (unpaired) electrons. The lowest BCUT2D eigenvalue weighted by Crippen LogP contribution is -2.17. The molecule has 0 aliphatic rings. The summed E-state index contributed by atoms with van der Waals surface area (Å²) in [4.78, 5) is 27.8. The number of benzene rings is 2. The molecular formula is C20H14FN3O3. The summed E-state index contributed by atoms with van der Waals surface area (Å²) in [7, 11) is 0. The zero-order valence-corrected chi connectivity index (χ0v) is 14.0. The van der Waals surface area contributed by atoms with E-state index in [-0.39, 0.29) is 17.2 Å². The zero-order valence-electron chi connectivity index (χ0n) is 14.0. The highest BCUT2D eigenvalue weighted by Crippen LogP contribution is 2.15. The quantitative estimate of drug-likeness (QED) is 0.327. The van der Waals surface area contributed by atoms with Crippen LogP contribution >= 0.6 is 0 Å². The van der Waals surface area contributed by atoms with Crippen molar-refractivity contribution >= 4 is 18.1 Å². The molecule has 0 unspecified atom stereocenters. The van der Waals surface area contributed by atoms with Gasteiger partial charge >= 0.3 is 5.97 Å². The number of nitrogens with one attached hydrogen (secondary N) is 1. The number of rotatable bonds is 5. The second-order valence-corrected chi connectivity index (χ2v) is 5.41. The van der Waals surface area contributed by atoms with Gasteiger partial charge < -0.3 is 4.74 Å². The molecule has 27 heavy (non-hydrogen) atoms. The summed E-state index contributed by atoms with van der Waals surface area (Å²) in [6, 6.07) is 14.9. The van der Waals surface area contributed by atoms with Crippen molar-refractivity contribution < 1.29 is 18.7 Å². The number of ether oxygens (including phenoxy) is 1. The van der Waals surface area contributed by atoms with Crippen LogP contribution in [0.3, 0.4) is 0 Å². The molecule has 1 heterocycles. The number of carbonyl (C=O) groups is 2. The van der Waals surface area contributed by atoms with E-state index in [0.29, 0.717) is 11.1 Å². The van der Waals surface area contributed by atoms with Gasteiger partial charge in [0.1, 0.15) is 11.6 Å². The van der Waals surface area contributed by atoms with Gasteiger partial charge in [-0.15, -0.1) is 0 Å². The Morgan fingerprint density at radius 3 is 2.56 bits per heavy atom. The van der Waals surface area contributed by atoms with E-state index in [0.717, 1.165) is 6.07 Å². The van der Waals surface area contributed by atoms with Gasteiger partial charge in [0.2, 0.25) is 0 Å². The number of hydrogen-bond acceptors (Lipinski definition) is 5. The van der Waals surface area contributed by atoms with Gasteiger partial charge in [0.15, 0.2) is 0 Å². The average Bonchev–Trinajstić information content (AvgIpc) is 2.69. The first-order chi connectivity index (χ1) is 13.1. The van der Waals surface area contributed by atoms with E-state index in [9.17, 15) is 14.0 Å². The Labute approximate surface area is 154 Å². The molecule has 0 bridgehead atoms. The topological polar surface area (TPSA) is 80.6 Å². The molecule has 2 aromatic carbocycles. The maximum atomic E-state index is 13.2. The fourth-order valence-corrected chi connectivity index (χ4v) is 2.17. The Bertz CT molecular complexity index is 991. The van der Waals surface area contributed by atoms with E-state index in [1.54, 1.807) is 36.4 Å². The van der Waals surface area contributed by atoms with Gasteiger partial charge in [0, 0.05) is 18.0 Å². The summed E-state index contributed by atoms with van der Waals surface area (Å²) in [6.07, 6.45) is 4.43. The van der Waals surface area contributed by atoms with Crippen molar-refractivity contribution in [3.8, 4) is 5.75 Å². The maximum Gasteiger partial charge on any atom is 0.343 e. The molecule has 3 aromatic rings. The highest BCUT2D eigenvalue weighted by atomic mass is 19.1. The van der Waals surface area contributed by atoms with Gasteiger partial charge in [0.05, 0.1) is 11.8 Å². The molecule has 0 aliphatic carbocycles. The third-order valence-electron chi connectivity index (χ3n) is 3.45. The molecule has 134 valence electrons. The van der Waals surface area contributed by atoms with E-state index in [1.165, 1.54) is 36.8 Å². The van der Waals surface area contributed by atoms with E-state index in [2.05, 4.69) is 15.5 Å². The predicted octanol–water partition coefficient (Wildman–Crippen LogP) is 3.20. The molecular weight excluding hydrogens is 349 g/mol. The van der Waals surface area contributed by atoms with Crippen LogP contribution in [0.15, 0.2) is 78.2 Å². The van der Waals surface area contributed by atoms with Crippen LogP contribution in [0.4, 0.5) is 4.39 Å². The molecule has 1 aromatic heterocycles. The normalized spacial score (nSPS) is 10.6. The summed E-state index contributed by atoms with van der Waals surface area (Å²) >= 11 is 0. The largest absolute Gasteiger partial charge is 0.423 e. The highest BCUT2D eigenvalue weighted by molar-refractivity contribution is 5.95. The summed E-state index contributed by atoms with van der Waals surface area (Å²) in [5.74, 6) is -1.29. The van der Waals surface area contributed by atoms with Gasteiger partial charge in [-0.25, -0.2) is 14.6 Å². The number of esters is 1. The summed E-state index contributed by atoms with van der Waals surface area (Å²) in [6.45, 7) is 0. The van der Waals surface area contributed by atoms with Crippen molar-refractivity contribution in [2.75, 3.05) is 0 Å². The average molecular weight is 363 g/mol. The number of hydrogen-bond donors (Lipinski definition) is 1. The number of aromatic nitrogens is 1.